The fraction of sp³-hybridized carbons (Fsp3) is 0.562. The average Bonchev–Trinajstić information content (AvgIpc) is 2.50. The highest BCUT2D eigenvalue weighted by Crippen LogP contribution is 2.26. The van der Waals surface area contributed by atoms with Crippen LogP contribution >= 0.6 is 0 Å². The molecule has 1 aromatic carbocycles. The van der Waals surface area contributed by atoms with Gasteiger partial charge in [0.15, 0.2) is 0 Å². The third-order valence-electron chi connectivity index (χ3n) is 3.59. The minimum Gasteiger partial charge on any atom is -0.495 e. The van der Waals surface area contributed by atoms with Gasteiger partial charge in [0.1, 0.15) is 11.3 Å². The summed E-state index contributed by atoms with van der Waals surface area (Å²) in [6.07, 6.45) is 2.42. The third kappa shape index (κ3) is 4.93. The first-order valence-corrected chi connectivity index (χ1v) is 7.14. The topological polar surface area (TPSA) is 64.8 Å². The lowest BCUT2D eigenvalue weighted by atomic mass is 9.96. The summed E-state index contributed by atoms with van der Waals surface area (Å²) in [6.45, 7) is 2.58. The monoisotopic (exact) mass is 294 g/mol. The molecule has 0 spiro atoms. The second-order valence-electron chi connectivity index (χ2n) is 5.46. The number of unbranched alkanes of at least 4 members (excludes halogenated alkanes) is 1. The van der Waals surface area contributed by atoms with E-state index in [4.69, 9.17) is 15.2 Å². The van der Waals surface area contributed by atoms with Crippen molar-refractivity contribution in [1.82, 2.24) is 0 Å². The Balaban J connectivity index is 2.44. The average molecular weight is 294 g/mol. The van der Waals surface area contributed by atoms with E-state index in [1.54, 1.807) is 14.0 Å². The molecular weight excluding hydrogens is 268 g/mol. The van der Waals surface area contributed by atoms with Crippen molar-refractivity contribution in [1.29, 1.82) is 0 Å². The summed E-state index contributed by atoms with van der Waals surface area (Å²) in [5.41, 5.74) is 6.09. The molecule has 0 aliphatic carbocycles. The lowest BCUT2D eigenvalue weighted by Crippen LogP contribution is -2.45. The molecule has 0 heterocycles. The van der Waals surface area contributed by atoms with E-state index in [0.29, 0.717) is 6.42 Å². The van der Waals surface area contributed by atoms with Crippen molar-refractivity contribution < 1.29 is 14.3 Å². The second kappa shape index (κ2) is 7.88. The SMILES string of the molecule is COC(=O)C(C)(N)CCCCN(C)c1ccccc1OC. The number of ether oxygens (including phenoxy) is 2. The van der Waals surface area contributed by atoms with Crippen LogP contribution in [0.25, 0.3) is 0 Å². The summed E-state index contributed by atoms with van der Waals surface area (Å²) in [7, 11) is 5.06. The number of nitrogens with two attached hydrogens (primary N) is 1. The molecule has 21 heavy (non-hydrogen) atoms. The maximum Gasteiger partial charge on any atom is 0.325 e. The number of methoxy groups -OCH3 is 2. The zero-order valence-electron chi connectivity index (χ0n) is 13.4. The second-order valence-corrected chi connectivity index (χ2v) is 5.46. The van der Waals surface area contributed by atoms with E-state index in [0.717, 1.165) is 30.8 Å². The predicted octanol–water partition coefficient (Wildman–Crippen LogP) is 2.19. The summed E-state index contributed by atoms with van der Waals surface area (Å²) in [6, 6.07) is 7.91. The van der Waals surface area contributed by atoms with E-state index >= 15 is 0 Å². The van der Waals surface area contributed by atoms with Crippen molar-refractivity contribution in [3.63, 3.8) is 0 Å². The fourth-order valence-corrected chi connectivity index (χ4v) is 2.24. The number of rotatable bonds is 8. The van der Waals surface area contributed by atoms with Gasteiger partial charge in [-0.05, 0) is 38.3 Å². The van der Waals surface area contributed by atoms with Gasteiger partial charge in [-0.15, -0.1) is 0 Å². The Labute approximate surface area is 127 Å². The van der Waals surface area contributed by atoms with Crippen molar-refractivity contribution >= 4 is 11.7 Å². The predicted molar refractivity (Wildman–Crippen MR) is 84.7 cm³/mol. The van der Waals surface area contributed by atoms with Crippen LogP contribution < -0.4 is 15.4 Å². The zero-order chi connectivity index (χ0) is 15.9. The van der Waals surface area contributed by atoms with Gasteiger partial charge in [-0.3, -0.25) is 4.79 Å². The van der Waals surface area contributed by atoms with Crippen LogP contribution in [0.5, 0.6) is 5.75 Å². The van der Waals surface area contributed by atoms with E-state index in [1.165, 1.54) is 7.11 Å². The Bertz CT molecular complexity index is 461. The number of anilines is 1. The van der Waals surface area contributed by atoms with Gasteiger partial charge >= 0.3 is 5.97 Å². The molecule has 1 rings (SSSR count). The number of hydrogen-bond donors (Lipinski definition) is 1. The van der Waals surface area contributed by atoms with Crippen molar-refractivity contribution in [2.24, 2.45) is 5.73 Å². The minimum atomic E-state index is -0.905. The summed E-state index contributed by atoms with van der Waals surface area (Å²) in [5.74, 6) is 0.499. The van der Waals surface area contributed by atoms with Crippen molar-refractivity contribution in [2.75, 3.05) is 32.7 Å². The Morgan fingerprint density at radius 1 is 1.29 bits per heavy atom. The number of carbonyl (C=O) groups is 1. The van der Waals surface area contributed by atoms with Gasteiger partial charge in [0.2, 0.25) is 0 Å². The van der Waals surface area contributed by atoms with Crippen LogP contribution in [0.3, 0.4) is 0 Å². The summed E-state index contributed by atoms with van der Waals surface area (Å²) in [5, 5.41) is 0. The lowest BCUT2D eigenvalue weighted by molar-refractivity contribution is -0.146. The number of nitrogens with zero attached hydrogens (tertiary/aromatic N) is 1. The molecule has 1 aromatic rings. The normalized spacial score (nSPS) is 13.4. The molecule has 0 bridgehead atoms. The molecule has 0 aliphatic rings. The van der Waals surface area contributed by atoms with Crippen LogP contribution in [0.1, 0.15) is 26.2 Å². The van der Waals surface area contributed by atoms with Crippen LogP contribution in [-0.2, 0) is 9.53 Å². The van der Waals surface area contributed by atoms with E-state index in [-0.39, 0.29) is 5.97 Å². The van der Waals surface area contributed by atoms with Crippen molar-refractivity contribution in [3.05, 3.63) is 24.3 Å². The standard InChI is InChI=1S/C16H26N2O3/c1-16(17,15(19)21-4)11-7-8-12-18(2)13-9-5-6-10-14(13)20-3/h5-6,9-10H,7-8,11-12,17H2,1-4H3. The molecule has 2 N–H and O–H groups in total. The van der Waals surface area contributed by atoms with Gasteiger partial charge in [-0.25, -0.2) is 0 Å². The first-order chi connectivity index (χ1) is 9.92. The Hall–Kier alpha value is -1.75. The smallest absolute Gasteiger partial charge is 0.325 e. The summed E-state index contributed by atoms with van der Waals surface area (Å²) < 4.78 is 10.1. The molecule has 5 heteroatoms. The largest absolute Gasteiger partial charge is 0.495 e. The molecule has 0 saturated carbocycles. The summed E-state index contributed by atoms with van der Waals surface area (Å²) in [4.78, 5) is 13.6. The Kier molecular flexibility index (Phi) is 6.49. The molecule has 0 fully saturated rings. The van der Waals surface area contributed by atoms with E-state index < -0.39 is 5.54 Å². The first kappa shape index (κ1) is 17.3. The molecule has 0 amide bonds. The summed E-state index contributed by atoms with van der Waals surface area (Å²) >= 11 is 0. The highest BCUT2D eigenvalue weighted by Gasteiger charge is 2.28. The highest BCUT2D eigenvalue weighted by atomic mass is 16.5. The number of benzene rings is 1. The number of para-hydroxylation sites is 2. The molecule has 118 valence electrons. The first-order valence-electron chi connectivity index (χ1n) is 7.14. The van der Waals surface area contributed by atoms with Gasteiger partial charge < -0.3 is 20.1 Å². The van der Waals surface area contributed by atoms with Gasteiger partial charge in [0.05, 0.1) is 19.9 Å². The quantitative estimate of drug-likeness (QED) is 0.588. The number of carbonyl (C=O) groups excluding carboxylic acids is 1. The van der Waals surface area contributed by atoms with Crippen LogP contribution in [0.2, 0.25) is 0 Å². The molecule has 5 nitrogen and oxygen atoms in total. The number of hydrogen-bond acceptors (Lipinski definition) is 5. The maximum absolute atomic E-state index is 11.5. The van der Waals surface area contributed by atoms with Gasteiger partial charge in [0.25, 0.3) is 0 Å². The lowest BCUT2D eigenvalue weighted by Gasteiger charge is -2.24. The van der Waals surface area contributed by atoms with Crippen LogP contribution in [0.4, 0.5) is 5.69 Å². The molecule has 0 aliphatic heterocycles. The van der Waals surface area contributed by atoms with Crippen molar-refractivity contribution in [3.8, 4) is 5.75 Å². The van der Waals surface area contributed by atoms with E-state index in [2.05, 4.69) is 4.90 Å². The van der Waals surface area contributed by atoms with Crippen LogP contribution in [0, 0.1) is 0 Å². The maximum atomic E-state index is 11.5. The third-order valence-corrected chi connectivity index (χ3v) is 3.59. The molecule has 0 saturated heterocycles. The van der Waals surface area contributed by atoms with E-state index in [1.807, 2.05) is 31.3 Å². The van der Waals surface area contributed by atoms with Gasteiger partial charge in [-0.1, -0.05) is 12.1 Å². The Morgan fingerprint density at radius 3 is 2.57 bits per heavy atom. The molecular formula is C16H26N2O3. The number of esters is 1. The highest BCUT2D eigenvalue weighted by molar-refractivity contribution is 5.79. The van der Waals surface area contributed by atoms with Crippen molar-refractivity contribution in [2.45, 2.75) is 31.7 Å². The van der Waals surface area contributed by atoms with Gasteiger partial charge in [0, 0.05) is 13.6 Å². The van der Waals surface area contributed by atoms with Gasteiger partial charge in [-0.2, -0.15) is 0 Å². The van der Waals surface area contributed by atoms with Crippen LogP contribution in [0.15, 0.2) is 24.3 Å². The fourth-order valence-electron chi connectivity index (χ4n) is 2.24. The molecule has 0 radical (unpaired) electrons. The molecule has 0 aromatic heterocycles. The molecule has 1 unspecified atom stereocenters. The molecule has 1 atom stereocenters. The minimum absolute atomic E-state index is 0.361. The Morgan fingerprint density at radius 2 is 1.95 bits per heavy atom. The van der Waals surface area contributed by atoms with E-state index in [9.17, 15) is 4.79 Å². The van der Waals surface area contributed by atoms with Crippen LogP contribution in [-0.4, -0.2) is 39.3 Å². The zero-order valence-corrected chi connectivity index (χ0v) is 13.4.